The number of furan rings is 1. The Hall–Kier alpha value is -6.98. The Morgan fingerprint density at radius 3 is 1.91 bits per heavy atom. The summed E-state index contributed by atoms with van der Waals surface area (Å²) in [6.45, 7) is 21.3. The summed E-state index contributed by atoms with van der Waals surface area (Å²) in [5, 5.41) is 2.26. The highest BCUT2D eigenvalue weighted by Gasteiger charge is 2.58. The maximum Gasteiger partial charge on any atom is 0.252 e. The van der Waals surface area contributed by atoms with Crippen molar-refractivity contribution in [2.75, 3.05) is 14.7 Å². The minimum atomic E-state index is -0.0702. The van der Waals surface area contributed by atoms with Crippen LogP contribution in [0.3, 0.4) is 0 Å². The van der Waals surface area contributed by atoms with Crippen molar-refractivity contribution in [2.45, 2.75) is 110 Å². The molecule has 346 valence electrons. The number of anilines is 8. The molecule has 0 radical (unpaired) electrons. The first-order valence-electron chi connectivity index (χ1n) is 25.7. The Morgan fingerprint density at radius 2 is 1.13 bits per heavy atom. The third-order valence-corrected chi connectivity index (χ3v) is 17.1. The van der Waals surface area contributed by atoms with Crippen LogP contribution >= 0.6 is 0 Å². The molecule has 1 aliphatic carbocycles. The maximum atomic E-state index is 6.49. The highest BCUT2D eigenvalue weighted by Crippen LogP contribution is 2.61. The Balaban J connectivity index is 1.11. The average molecular weight is 912 g/mol. The zero-order valence-corrected chi connectivity index (χ0v) is 42.2. The summed E-state index contributed by atoms with van der Waals surface area (Å²) in [4.78, 5) is 7.96. The first-order valence-corrected chi connectivity index (χ1v) is 25.7. The zero-order chi connectivity index (χ0) is 48.1. The molecule has 0 bridgehead atoms. The molecule has 4 aliphatic rings. The smallest absolute Gasteiger partial charge is 0.252 e. The van der Waals surface area contributed by atoms with Gasteiger partial charge in [0.1, 0.15) is 11.2 Å². The fourth-order valence-corrected chi connectivity index (χ4v) is 13.3. The van der Waals surface area contributed by atoms with Crippen LogP contribution in [-0.2, 0) is 16.2 Å². The van der Waals surface area contributed by atoms with Gasteiger partial charge in [0, 0.05) is 61.6 Å². The van der Waals surface area contributed by atoms with Crippen molar-refractivity contribution in [3.8, 4) is 11.1 Å². The summed E-state index contributed by atoms with van der Waals surface area (Å²) in [6, 6.07) is 62.6. The first-order chi connectivity index (χ1) is 33.6. The lowest BCUT2D eigenvalue weighted by Gasteiger charge is -2.50. The van der Waals surface area contributed by atoms with Crippen LogP contribution in [0.5, 0.6) is 0 Å². The largest absolute Gasteiger partial charge is 0.456 e. The van der Waals surface area contributed by atoms with E-state index < -0.39 is 0 Å². The van der Waals surface area contributed by atoms with Gasteiger partial charge in [0.15, 0.2) is 0 Å². The van der Waals surface area contributed by atoms with Crippen LogP contribution in [0.2, 0.25) is 0 Å². The van der Waals surface area contributed by atoms with E-state index in [1.807, 2.05) is 0 Å². The van der Waals surface area contributed by atoms with Gasteiger partial charge in [-0.3, -0.25) is 0 Å². The fraction of sp³-hybridized carbons (Fsp3) is 0.262. The van der Waals surface area contributed by atoms with E-state index in [4.69, 9.17) is 4.42 Å². The van der Waals surface area contributed by atoms with E-state index in [-0.39, 0.29) is 28.5 Å². The summed E-state index contributed by atoms with van der Waals surface area (Å²) >= 11 is 0. The van der Waals surface area contributed by atoms with Gasteiger partial charge in [0.25, 0.3) is 6.71 Å². The quantitative estimate of drug-likeness (QED) is 0.164. The summed E-state index contributed by atoms with van der Waals surface area (Å²) in [7, 11) is 0. The number of fused-ring (bicyclic) bond motifs is 10. The standard InChI is InChI=1S/C65H62BN3O/c1-41-35-57-61-58(36-41)68(53-31-26-43(62(2,3)4)37-48(53)42-19-11-10-12-20-42)55-38-44(63(5,6)7)25-29-51(55)66(61)52-30-27-46(69-54-23-15-14-22-50(54)64(8)33-17-18-34-65(64,69)9)40-56(52)67(57)45-28-32-60-49(39-45)47-21-13-16-24-59(47)70-60/h10-16,19-32,35-40H,17-18,33-34H2,1-9H3. The van der Waals surface area contributed by atoms with Crippen molar-refractivity contribution in [2.24, 2.45) is 0 Å². The second kappa shape index (κ2) is 15.0. The number of hydrogen-bond donors (Lipinski definition) is 0. The van der Waals surface area contributed by atoms with Crippen molar-refractivity contribution in [1.29, 1.82) is 0 Å². The Kier molecular flexibility index (Phi) is 9.24. The van der Waals surface area contributed by atoms with Crippen LogP contribution in [-0.4, -0.2) is 12.3 Å². The lowest BCUT2D eigenvalue weighted by molar-refractivity contribution is 0.195. The second-order valence-corrected chi connectivity index (χ2v) is 23.4. The fourth-order valence-electron chi connectivity index (χ4n) is 13.3. The van der Waals surface area contributed by atoms with Gasteiger partial charge in [0.2, 0.25) is 0 Å². The molecule has 4 nitrogen and oxygen atoms in total. The van der Waals surface area contributed by atoms with E-state index in [0.717, 1.165) is 34.0 Å². The number of benzene rings is 8. The molecule has 1 fully saturated rings. The average Bonchev–Trinajstić information content (AvgIpc) is 3.82. The van der Waals surface area contributed by atoms with E-state index in [1.165, 1.54) is 109 Å². The molecule has 0 saturated heterocycles. The second-order valence-electron chi connectivity index (χ2n) is 23.4. The van der Waals surface area contributed by atoms with Gasteiger partial charge in [-0.1, -0.05) is 152 Å². The van der Waals surface area contributed by atoms with Crippen LogP contribution in [0.4, 0.5) is 45.5 Å². The predicted molar refractivity (Wildman–Crippen MR) is 298 cm³/mol. The number of aryl methyl sites for hydroxylation is 1. The molecule has 9 aromatic rings. The van der Waals surface area contributed by atoms with Crippen molar-refractivity contribution in [1.82, 2.24) is 0 Å². The van der Waals surface area contributed by atoms with Gasteiger partial charge in [0.05, 0.1) is 11.2 Å². The van der Waals surface area contributed by atoms with E-state index in [1.54, 1.807) is 0 Å². The van der Waals surface area contributed by atoms with Gasteiger partial charge < -0.3 is 19.1 Å². The van der Waals surface area contributed by atoms with Crippen LogP contribution in [0.25, 0.3) is 33.1 Å². The topological polar surface area (TPSA) is 22.9 Å². The highest BCUT2D eigenvalue weighted by atomic mass is 16.3. The third kappa shape index (κ3) is 6.15. The third-order valence-electron chi connectivity index (χ3n) is 17.1. The predicted octanol–water partition coefficient (Wildman–Crippen LogP) is 16.0. The Labute approximate surface area is 414 Å². The van der Waals surface area contributed by atoms with Crippen LogP contribution < -0.4 is 31.1 Å². The van der Waals surface area contributed by atoms with E-state index >= 15 is 0 Å². The van der Waals surface area contributed by atoms with Crippen molar-refractivity contribution in [3.05, 3.63) is 186 Å². The zero-order valence-electron chi connectivity index (χ0n) is 42.2. The van der Waals surface area contributed by atoms with E-state index in [9.17, 15) is 0 Å². The first kappa shape index (κ1) is 43.1. The van der Waals surface area contributed by atoms with Gasteiger partial charge in [-0.25, -0.2) is 0 Å². The molecule has 4 heterocycles. The molecule has 13 rings (SSSR count). The van der Waals surface area contributed by atoms with Crippen LogP contribution in [0, 0.1) is 6.92 Å². The Morgan fingerprint density at radius 1 is 0.500 bits per heavy atom. The maximum absolute atomic E-state index is 6.49. The molecule has 2 unspecified atom stereocenters. The number of para-hydroxylation sites is 2. The van der Waals surface area contributed by atoms with E-state index in [2.05, 4.69) is 241 Å². The van der Waals surface area contributed by atoms with Crippen molar-refractivity contribution in [3.63, 3.8) is 0 Å². The summed E-state index contributed by atoms with van der Waals surface area (Å²) in [5.41, 5.74) is 23.3. The van der Waals surface area contributed by atoms with Crippen LogP contribution in [0.15, 0.2) is 168 Å². The van der Waals surface area contributed by atoms with Gasteiger partial charge >= 0.3 is 0 Å². The number of nitrogens with zero attached hydrogens (tertiary/aromatic N) is 3. The lowest BCUT2D eigenvalue weighted by atomic mass is 9.33. The molecule has 0 amide bonds. The minimum Gasteiger partial charge on any atom is -0.456 e. The normalized spacial score (nSPS) is 19.3. The monoisotopic (exact) mass is 911 g/mol. The molecular formula is C65H62BN3O. The van der Waals surface area contributed by atoms with Gasteiger partial charge in [-0.05, 0) is 155 Å². The van der Waals surface area contributed by atoms with Gasteiger partial charge in [-0.2, -0.15) is 0 Å². The Bertz CT molecular complexity index is 3610. The molecular weight excluding hydrogens is 850 g/mol. The molecule has 1 aromatic heterocycles. The summed E-state index contributed by atoms with van der Waals surface area (Å²) in [5.74, 6) is 0. The van der Waals surface area contributed by atoms with E-state index in [0.29, 0.717) is 0 Å². The van der Waals surface area contributed by atoms with Crippen LogP contribution in [0.1, 0.15) is 103 Å². The lowest BCUT2D eigenvalue weighted by Crippen LogP contribution is -2.61. The number of rotatable bonds is 4. The molecule has 5 heteroatoms. The molecule has 8 aromatic carbocycles. The molecule has 0 N–H and O–H groups in total. The summed E-state index contributed by atoms with van der Waals surface area (Å²) < 4.78 is 6.49. The molecule has 3 aliphatic heterocycles. The molecule has 2 atom stereocenters. The molecule has 0 spiro atoms. The highest BCUT2D eigenvalue weighted by molar-refractivity contribution is 7.00. The van der Waals surface area contributed by atoms with Crippen molar-refractivity contribution < 1.29 is 4.42 Å². The van der Waals surface area contributed by atoms with Gasteiger partial charge in [-0.15, -0.1) is 0 Å². The van der Waals surface area contributed by atoms with Crippen molar-refractivity contribution >= 4 is 90.5 Å². The SMILES string of the molecule is Cc1cc2c3c(c1)N(c1ccc(C(C)(C)C)cc1-c1ccccc1)c1cc(C(C)(C)C)ccc1B3c1ccc(N3c4ccccc4C4(C)CCCCC34C)cc1N2c1ccc2oc3ccccc3c2c1. The molecule has 70 heavy (non-hydrogen) atoms. The number of hydrogen-bond acceptors (Lipinski definition) is 4. The molecule has 1 saturated carbocycles. The summed E-state index contributed by atoms with van der Waals surface area (Å²) in [6.07, 6.45) is 4.84. The minimum absolute atomic E-state index is 0.0138.